The molecule has 0 unspecified atom stereocenters. The van der Waals surface area contributed by atoms with Crippen LogP contribution in [0.2, 0.25) is 0 Å². The van der Waals surface area contributed by atoms with E-state index >= 15 is 0 Å². The zero-order valence-corrected chi connectivity index (χ0v) is 19.3. The summed E-state index contributed by atoms with van der Waals surface area (Å²) < 4.78 is 16.8. The third kappa shape index (κ3) is 3.06. The second-order valence-electron chi connectivity index (χ2n) is 10.7. The number of ketones is 1. The van der Waals surface area contributed by atoms with Gasteiger partial charge in [0.2, 0.25) is 0 Å². The normalized spacial score (nSPS) is 49.0. The van der Waals surface area contributed by atoms with Crippen LogP contribution in [0.15, 0.2) is 12.7 Å². The molecule has 0 bridgehead atoms. The summed E-state index contributed by atoms with van der Waals surface area (Å²) in [6, 6.07) is 0. The summed E-state index contributed by atoms with van der Waals surface area (Å²) in [5.41, 5.74) is -7.21. The van der Waals surface area contributed by atoms with Crippen LogP contribution in [0.5, 0.6) is 0 Å². The molecule has 0 aromatic carbocycles. The first-order valence-corrected chi connectivity index (χ1v) is 10.8. The third-order valence-electron chi connectivity index (χ3n) is 8.25. The van der Waals surface area contributed by atoms with E-state index in [0.29, 0.717) is 12.8 Å². The fourth-order valence-electron chi connectivity index (χ4n) is 6.77. The molecule has 176 valence electrons. The molecule has 3 fully saturated rings. The van der Waals surface area contributed by atoms with Crippen LogP contribution in [0.25, 0.3) is 0 Å². The summed E-state index contributed by atoms with van der Waals surface area (Å²) in [6.45, 7) is 12.0. The molecule has 0 amide bonds. The van der Waals surface area contributed by atoms with Gasteiger partial charge < -0.3 is 29.5 Å². The molecule has 3 N–H and O–H groups in total. The van der Waals surface area contributed by atoms with Crippen LogP contribution >= 0.6 is 0 Å². The number of fused-ring (bicyclic) bond motifs is 3. The van der Waals surface area contributed by atoms with Gasteiger partial charge in [0.15, 0.2) is 17.5 Å². The molecule has 1 saturated heterocycles. The Hall–Kier alpha value is -1.32. The van der Waals surface area contributed by atoms with Gasteiger partial charge >= 0.3 is 5.97 Å². The lowest BCUT2D eigenvalue weighted by atomic mass is 9.40. The number of carbonyl (C=O) groups excluding carboxylic acids is 2. The first kappa shape index (κ1) is 24.3. The summed E-state index contributed by atoms with van der Waals surface area (Å²) in [5, 5.41) is 35.0. The van der Waals surface area contributed by atoms with Gasteiger partial charge in [0.1, 0.15) is 12.2 Å². The van der Waals surface area contributed by atoms with Crippen LogP contribution in [0.1, 0.15) is 53.9 Å². The molecule has 0 aromatic rings. The molecule has 8 atom stereocenters. The van der Waals surface area contributed by atoms with Crippen molar-refractivity contribution in [1.29, 1.82) is 0 Å². The fraction of sp³-hybridized carbons (Fsp3) is 0.826. The van der Waals surface area contributed by atoms with E-state index in [4.69, 9.17) is 14.2 Å². The molecule has 0 spiro atoms. The molecule has 1 heterocycles. The molecule has 0 aromatic heterocycles. The van der Waals surface area contributed by atoms with Crippen molar-refractivity contribution in [3.63, 3.8) is 0 Å². The SMILES string of the molecule is C=C[C@@]1(C)CC(=O)[C@]2(O)[C@@]3(C)[C@@H](O)CCC(C)(C)[C@@H]3[C@H](O)[C@H](OC(=O)COC)[C@@]2(C)O1. The second kappa shape index (κ2) is 7.35. The molecule has 2 aliphatic carbocycles. The van der Waals surface area contributed by atoms with Crippen LogP contribution in [-0.2, 0) is 23.8 Å². The fourth-order valence-corrected chi connectivity index (χ4v) is 6.77. The van der Waals surface area contributed by atoms with Gasteiger partial charge in [0.05, 0.1) is 17.8 Å². The Bertz CT molecular complexity index is 780. The minimum Gasteiger partial charge on any atom is -0.455 e. The maximum Gasteiger partial charge on any atom is 0.332 e. The average Bonchev–Trinajstić information content (AvgIpc) is 2.66. The van der Waals surface area contributed by atoms with Gasteiger partial charge in [0.25, 0.3) is 0 Å². The minimum absolute atomic E-state index is 0.160. The van der Waals surface area contributed by atoms with Crippen molar-refractivity contribution in [2.24, 2.45) is 16.7 Å². The van der Waals surface area contributed by atoms with E-state index in [9.17, 15) is 24.9 Å². The van der Waals surface area contributed by atoms with Crippen molar-refractivity contribution in [1.82, 2.24) is 0 Å². The highest BCUT2D eigenvalue weighted by molar-refractivity contribution is 5.92. The second-order valence-corrected chi connectivity index (χ2v) is 10.7. The molecule has 1 aliphatic heterocycles. The van der Waals surface area contributed by atoms with Gasteiger partial charge in [0, 0.05) is 24.9 Å². The van der Waals surface area contributed by atoms with Crippen LogP contribution < -0.4 is 0 Å². The largest absolute Gasteiger partial charge is 0.455 e. The molecule has 0 radical (unpaired) electrons. The number of aliphatic hydroxyl groups excluding tert-OH is 2. The quantitative estimate of drug-likeness (QED) is 0.440. The number of ether oxygens (including phenoxy) is 3. The van der Waals surface area contributed by atoms with E-state index in [1.165, 1.54) is 20.1 Å². The molecule has 3 aliphatic rings. The standard InChI is InChI=1S/C23H36O8/c1-8-20(4)11-14(25)23(28)21(5)13(24)9-10-19(2,3)17(21)16(27)18(22(23,6)31-20)30-15(26)12-29-7/h8,13,16-18,24,27-28H,1,9-12H2,2-7H3/t13-,16-,17-,18-,20-,21-,22+,23-/m0/s1. The highest BCUT2D eigenvalue weighted by Gasteiger charge is 2.81. The van der Waals surface area contributed by atoms with E-state index < -0.39 is 63.6 Å². The number of hydrogen-bond acceptors (Lipinski definition) is 8. The maximum absolute atomic E-state index is 13.7. The number of aliphatic hydroxyl groups is 3. The first-order chi connectivity index (χ1) is 14.1. The summed E-state index contributed by atoms with van der Waals surface area (Å²) in [4.78, 5) is 26.1. The van der Waals surface area contributed by atoms with Gasteiger partial charge in [-0.05, 0) is 32.1 Å². The lowest BCUT2D eigenvalue weighted by Gasteiger charge is -2.71. The van der Waals surface area contributed by atoms with Crippen LogP contribution in [0.4, 0.5) is 0 Å². The summed E-state index contributed by atoms with van der Waals surface area (Å²) >= 11 is 0. The van der Waals surface area contributed by atoms with Crippen molar-refractivity contribution in [3.05, 3.63) is 12.7 Å². The Labute approximate surface area is 183 Å². The molecule has 8 heteroatoms. The number of methoxy groups -OCH3 is 1. The van der Waals surface area contributed by atoms with Gasteiger partial charge in [-0.25, -0.2) is 4.79 Å². The van der Waals surface area contributed by atoms with Gasteiger partial charge in [-0.2, -0.15) is 0 Å². The number of Topliss-reactive ketones (excluding diaryl/α,β-unsaturated/α-hetero) is 1. The monoisotopic (exact) mass is 440 g/mol. The lowest BCUT2D eigenvalue weighted by molar-refractivity contribution is -0.370. The van der Waals surface area contributed by atoms with E-state index in [-0.39, 0.29) is 13.0 Å². The number of rotatable bonds is 4. The first-order valence-electron chi connectivity index (χ1n) is 10.8. The lowest BCUT2D eigenvalue weighted by Crippen LogP contribution is -2.86. The Morgan fingerprint density at radius 2 is 1.87 bits per heavy atom. The molecule has 31 heavy (non-hydrogen) atoms. The summed E-state index contributed by atoms with van der Waals surface area (Å²) in [6.07, 6.45) is -1.52. The highest BCUT2D eigenvalue weighted by atomic mass is 16.6. The van der Waals surface area contributed by atoms with Crippen LogP contribution in [0, 0.1) is 16.7 Å². The molecular formula is C23H36O8. The smallest absolute Gasteiger partial charge is 0.332 e. The minimum atomic E-state index is -2.22. The van der Waals surface area contributed by atoms with E-state index in [2.05, 4.69) is 6.58 Å². The number of esters is 1. The topological polar surface area (TPSA) is 123 Å². The Morgan fingerprint density at radius 3 is 2.42 bits per heavy atom. The molecule has 3 rings (SSSR count). The van der Waals surface area contributed by atoms with Gasteiger partial charge in [-0.3, -0.25) is 4.79 Å². The van der Waals surface area contributed by atoms with Gasteiger partial charge in [-0.15, -0.1) is 6.58 Å². The third-order valence-corrected chi connectivity index (χ3v) is 8.25. The summed E-state index contributed by atoms with van der Waals surface area (Å²) in [7, 11) is 1.34. The molecule has 8 nitrogen and oxygen atoms in total. The predicted octanol–water partition coefficient (Wildman–Crippen LogP) is 1.15. The highest BCUT2D eigenvalue weighted by Crippen LogP contribution is 2.66. The van der Waals surface area contributed by atoms with Crippen molar-refractivity contribution >= 4 is 11.8 Å². The zero-order chi connectivity index (χ0) is 23.6. The van der Waals surface area contributed by atoms with E-state index in [1.807, 2.05) is 13.8 Å². The van der Waals surface area contributed by atoms with Crippen molar-refractivity contribution in [3.8, 4) is 0 Å². The van der Waals surface area contributed by atoms with Crippen molar-refractivity contribution < 1.29 is 39.1 Å². The van der Waals surface area contributed by atoms with Gasteiger partial charge in [-0.1, -0.05) is 26.8 Å². The average molecular weight is 441 g/mol. The van der Waals surface area contributed by atoms with Crippen LogP contribution in [-0.4, -0.2) is 75.9 Å². The molecule has 2 saturated carbocycles. The maximum atomic E-state index is 13.7. The summed E-state index contributed by atoms with van der Waals surface area (Å²) in [5.74, 6) is -2.04. The Balaban J connectivity index is 2.28. The van der Waals surface area contributed by atoms with E-state index in [1.54, 1.807) is 13.8 Å². The van der Waals surface area contributed by atoms with Crippen molar-refractivity contribution in [2.75, 3.05) is 13.7 Å². The number of carbonyl (C=O) groups is 2. The number of hydrogen-bond donors (Lipinski definition) is 3. The van der Waals surface area contributed by atoms with Crippen molar-refractivity contribution in [2.45, 2.75) is 89.0 Å². The Kier molecular flexibility index (Phi) is 5.77. The predicted molar refractivity (Wildman–Crippen MR) is 111 cm³/mol. The zero-order valence-electron chi connectivity index (χ0n) is 19.3. The van der Waals surface area contributed by atoms with Crippen LogP contribution in [0.3, 0.4) is 0 Å². The molecular weight excluding hydrogens is 404 g/mol. The van der Waals surface area contributed by atoms with E-state index in [0.717, 1.165) is 0 Å². The Morgan fingerprint density at radius 1 is 1.26 bits per heavy atom.